The Balaban J connectivity index is 4.66. The lowest BCUT2D eigenvalue weighted by molar-refractivity contribution is -0.166. The SMILES string of the molecule is CC/C=C\C/C=C\C/C=C\C/C=C\C/C=C\CCC(=O)OCC(COC(=O)CCCCCCC\C=C/C=C\C=C/C=C\C=C/CCC)OC(=O)CCCCCCC\C=C/C=C\C=C/C=C\C=C/CCC. The molecule has 0 spiro atoms. The van der Waals surface area contributed by atoms with Gasteiger partial charge in [-0.1, -0.05) is 254 Å². The summed E-state index contributed by atoms with van der Waals surface area (Å²) in [6, 6.07) is 0. The molecule has 6 heteroatoms. The van der Waals surface area contributed by atoms with Gasteiger partial charge in [0, 0.05) is 19.3 Å². The third-order valence-corrected chi connectivity index (χ3v) is 10.3. The zero-order valence-corrected chi connectivity index (χ0v) is 43.9. The highest BCUT2D eigenvalue weighted by Crippen LogP contribution is 2.12. The van der Waals surface area contributed by atoms with E-state index in [0.717, 1.165) is 116 Å². The monoisotopic (exact) mass is 959 g/mol. The van der Waals surface area contributed by atoms with Crippen LogP contribution in [-0.2, 0) is 28.6 Å². The Labute approximate surface area is 427 Å². The first kappa shape index (κ1) is 64.5. The summed E-state index contributed by atoms with van der Waals surface area (Å²) in [6.45, 7) is 6.21. The van der Waals surface area contributed by atoms with Gasteiger partial charge in [0.1, 0.15) is 13.2 Å². The molecule has 0 aliphatic heterocycles. The second-order valence-electron chi connectivity index (χ2n) is 16.9. The summed E-state index contributed by atoms with van der Waals surface area (Å²) in [5.41, 5.74) is 0. The van der Waals surface area contributed by atoms with Crippen molar-refractivity contribution in [2.45, 2.75) is 187 Å². The highest BCUT2D eigenvalue weighted by Gasteiger charge is 2.19. The van der Waals surface area contributed by atoms with Crippen LogP contribution in [0.3, 0.4) is 0 Å². The van der Waals surface area contributed by atoms with E-state index in [1.54, 1.807) is 0 Å². The predicted molar refractivity (Wildman–Crippen MR) is 301 cm³/mol. The molecule has 1 atom stereocenters. The number of carbonyl (C=O) groups is 3. The summed E-state index contributed by atoms with van der Waals surface area (Å²) in [4.78, 5) is 38.1. The van der Waals surface area contributed by atoms with Gasteiger partial charge in [-0.15, -0.1) is 0 Å². The Hall–Kier alpha value is -5.49. The minimum atomic E-state index is -0.844. The summed E-state index contributed by atoms with van der Waals surface area (Å²) < 4.78 is 16.7. The van der Waals surface area contributed by atoms with Gasteiger partial charge in [-0.25, -0.2) is 0 Å². The van der Waals surface area contributed by atoms with Gasteiger partial charge in [-0.05, 0) is 89.9 Å². The molecule has 0 aliphatic carbocycles. The van der Waals surface area contributed by atoms with Gasteiger partial charge in [0.25, 0.3) is 0 Å². The lowest BCUT2D eigenvalue weighted by Gasteiger charge is -2.18. The van der Waals surface area contributed by atoms with Gasteiger partial charge >= 0.3 is 17.9 Å². The smallest absolute Gasteiger partial charge is 0.306 e. The largest absolute Gasteiger partial charge is 0.462 e. The van der Waals surface area contributed by atoms with E-state index < -0.39 is 6.10 Å². The van der Waals surface area contributed by atoms with E-state index in [0.29, 0.717) is 19.3 Å². The summed E-state index contributed by atoms with van der Waals surface area (Å²) >= 11 is 0. The first-order valence-electron chi connectivity index (χ1n) is 26.9. The van der Waals surface area contributed by atoms with Crippen LogP contribution >= 0.6 is 0 Å². The molecule has 0 aromatic rings. The molecular weight excluding hydrogens is 865 g/mol. The maximum Gasteiger partial charge on any atom is 0.306 e. The van der Waals surface area contributed by atoms with E-state index in [9.17, 15) is 14.4 Å². The molecule has 0 bridgehead atoms. The van der Waals surface area contributed by atoms with Crippen LogP contribution in [0.25, 0.3) is 0 Å². The fraction of sp³-hybridized carbons (Fsp3) is 0.484. The van der Waals surface area contributed by atoms with Gasteiger partial charge in [0.2, 0.25) is 0 Å². The van der Waals surface area contributed by atoms with Crippen LogP contribution in [0.1, 0.15) is 181 Å². The number of hydrogen-bond acceptors (Lipinski definition) is 6. The fourth-order valence-corrected chi connectivity index (χ4v) is 6.37. The molecule has 0 rings (SSSR count). The van der Waals surface area contributed by atoms with Crippen molar-refractivity contribution >= 4 is 17.9 Å². The molecular formula is C64H94O6. The number of rotatable bonds is 45. The van der Waals surface area contributed by atoms with Crippen molar-refractivity contribution < 1.29 is 28.6 Å². The summed E-state index contributed by atoms with van der Waals surface area (Å²) in [5.74, 6) is -1.09. The van der Waals surface area contributed by atoms with Crippen LogP contribution in [-0.4, -0.2) is 37.2 Å². The molecule has 0 saturated heterocycles. The van der Waals surface area contributed by atoms with Crippen molar-refractivity contribution in [1.82, 2.24) is 0 Å². The Bertz CT molecular complexity index is 1720. The van der Waals surface area contributed by atoms with Gasteiger partial charge in [0.15, 0.2) is 6.10 Å². The zero-order chi connectivity index (χ0) is 50.7. The summed E-state index contributed by atoms with van der Waals surface area (Å²) in [7, 11) is 0. The zero-order valence-electron chi connectivity index (χ0n) is 43.9. The Morgan fingerprint density at radius 2 is 0.643 bits per heavy atom. The molecule has 0 fully saturated rings. The van der Waals surface area contributed by atoms with Crippen molar-refractivity contribution in [1.29, 1.82) is 0 Å². The Kier molecular flexibility index (Phi) is 51.7. The number of hydrogen-bond donors (Lipinski definition) is 0. The molecule has 0 N–H and O–H groups in total. The maximum atomic E-state index is 12.8. The van der Waals surface area contributed by atoms with Crippen molar-refractivity contribution in [3.05, 3.63) is 182 Å². The second kappa shape index (κ2) is 56.1. The average Bonchev–Trinajstić information content (AvgIpc) is 3.36. The third-order valence-electron chi connectivity index (χ3n) is 10.3. The first-order valence-corrected chi connectivity index (χ1v) is 26.9. The van der Waals surface area contributed by atoms with Crippen LogP contribution in [0.4, 0.5) is 0 Å². The summed E-state index contributed by atoms with van der Waals surface area (Å²) in [5, 5.41) is 0. The van der Waals surface area contributed by atoms with Gasteiger partial charge in [0.05, 0.1) is 0 Å². The van der Waals surface area contributed by atoms with Gasteiger partial charge < -0.3 is 14.2 Å². The van der Waals surface area contributed by atoms with Crippen molar-refractivity contribution in [3.8, 4) is 0 Å². The minimum absolute atomic E-state index is 0.136. The van der Waals surface area contributed by atoms with E-state index >= 15 is 0 Å². The quantitative estimate of drug-likeness (QED) is 0.0199. The van der Waals surface area contributed by atoms with E-state index in [1.807, 2.05) is 85.1 Å². The number of esters is 3. The molecule has 0 amide bonds. The molecule has 386 valence electrons. The van der Waals surface area contributed by atoms with Crippen LogP contribution < -0.4 is 0 Å². The lowest BCUT2D eigenvalue weighted by atomic mass is 10.1. The molecule has 0 aliphatic rings. The normalized spacial score (nSPS) is 13.6. The minimum Gasteiger partial charge on any atom is -0.462 e. The Morgan fingerprint density at radius 1 is 0.314 bits per heavy atom. The van der Waals surface area contributed by atoms with Crippen molar-refractivity contribution in [2.24, 2.45) is 0 Å². The van der Waals surface area contributed by atoms with Crippen LogP contribution in [0.5, 0.6) is 0 Å². The van der Waals surface area contributed by atoms with E-state index in [-0.39, 0.29) is 44.0 Å². The summed E-state index contributed by atoms with van der Waals surface area (Å²) in [6.07, 6.45) is 84.4. The average molecular weight is 959 g/mol. The van der Waals surface area contributed by atoms with E-state index in [1.165, 1.54) is 12.8 Å². The van der Waals surface area contributed by atoms with Crippen LogP contribution in [0.2, 0.25) is 0 Å². The number of allylic oxidation sites excluding steroid dienone is 30. The highest BCUT2D eigenvalue weighted by molar-refractivity contribution is 5.71. The first-order chi connectivity index (χ1) is 34.5. The highest BCUT2D eigenvalue weighted by atomic mass is 16.6. The standard InChI is InChI=1S/C64H94O6/c1-4-7-10-13-16-19-22-25-28-31-33-36-39-42-45-48-51-54-57-63(66)69-60-61(59-68-62(65)56-53-50-47-44-41-38-35-30-27-24-21-18-15-12-9-6-3)70-64(67)58-55-52-49-46-43-40-37-34-32-29-26-23-20-17-14-11-8-5-2/h9-14,16-23,25-34,36-38,41,47,50,61H,4-8,15,24,35,39-40,42-46,48-49,51-60H2,1-3H3/b12-9-,13-10-,14-11-,19-16-,20-17-,21-18-,25-22-,26-23-,30-27-,31-28-,32-29-,36-33-,37-34-,41-38-,50-47-. The van der Waals surface area contributed by atoms with Gasteiger partial charge in [-0.3, -0.25) is 14.4 Å². The van der Waals surface area contributed by atoms with Gasteiger partial charge in [-0.2, -0.15) is 0 Å². The molecule has 0 heterocycles. The molecule has 0 radical (unpaired) electrons. The molecule has 6 nitrogen and oxygen atoms in total. The molecule has 0 aromatic heterocycles. The van der Waals surface area contributed by atoms with Crippen molar-refractivity contribution in [3.63, 3.8) is 0 Å². The van der Waals surface area contributed by atoms with Crippen LogP contribution in [0, 0.1) is 0 Å². The molecule has 1 unspecified atom stereocenters. The molecule has 70 heavy (non-hydrogen) atoms. The number of carbonyl (C=O) groups excluding carboxylic acids is 3. The van der Waals surface area contributed by atoms with E-state index in [4.69, 9.17) is 14.2 Å². The maximum absolute atomic E-state index is 12.8. The van der Waals surface area contributed by atoms with Crippen LogP contribution in [0.15, 0.2) is 182 Å². The fourth-order valence-electron chi connectivity index (χ4n) is 6.37. The molecule has 0 aromatic carbocycles. The number of ether oxygens (including phenoxy) is 3. The lowest BCUT2D eigenvalue weighted by Crippen LogP contribution is -2.30. The predicted octanol–water partition coefficient (Wildman–Crippen LogP) is 18.1. The second-order valence-corrected chi connectivity index (χ2v) is 16.9. The molecule has 0 saturated carbocycles. The third kappa shape index (κ3) is 53.5. The Morgan fingerprint density at radius 3 is 1.06 bits per heavy atom. The topological polar surface area (TPSA) is 78.9 Å². The number of unbranched alkanes of at least 4 members (excludes halogenated alkanes) is 12. The van der Waals surface area contributed by atoms with Crippen molar-refractivity contribution in [2.75, 3.05) is 13.2 Å². The van der Waals surface area contributed by atoms with E-state index in [2.05, 4.69) is 118 Å².